The van der Waals surface area contributed by atoms with Gasteiger partial charge in [-0.2, -0.15) is 0 Å². The van der Waals surface area contributed by atoms with Crippen molar-refractivity contribution in [1.82, 2.24) is 20.7 Å². The zero-order valence-corrected chi connectivity index (χ0v) is 18.2. The predicted molar refractivity (Wildman–Crippen MR) is 117 cm³/mol. The number of hydrogen-bond acceptors (Lipinski definition) is 6. The average Bonchev–Trinajstić information content (AvgIpc) is 3.24. The number of nitrogens with one attached hydrogen (secondary N) is 2. The molecule has 8 nitrogen and oxygen atoms in total. The first-order valence-corrected chi connectivity index (χ1v) is 10.6. The molecule has 0 saturated carbocycles. The monoisotopic (exact) mass is 415 g/mol. The highest BCUT2D eigenvalue weighted by molar-refractivity contribution is 5.79. The van der Waals surface area contributed by atoms with Gasteiger partial charge in [0.1, 0.15) is 12.4 Å². The maximum atomic E-state index is 5.93. The highest BCUT2D eigenvalue weighted by Crippen LogP contribution is 2.14. The molecule has 2 heterocycles. The first kappa shape index (κ1) is 22.1. The molecule has 0 aliphatic carbocycles. The Morgan fingerprint density at radius 3 is 2.73 bits per heavy atom. The molecule has 164 valence electrons. The van der Waals surface area contributed by atoms with Gasteiger partial charge in [-0.15, -0.1) is 0 Å². The second-order valence-electron chi connectivity index (χ2n) is 7.60. The molecule has 0 atom stereocenters. The standard InChI is InChI=1S/C22H33N5O3/c1-17(2)21-14-20(30-26-21)16-25-22(23-3)24-15-18-5-4-6-19(13-18)29-12-9-27-7-10-28-11-8-27/h4-6,13-14,17H,7-12,15-16H2,1-3H3,(H2,23,24,25). The third kappa shape index (κ3) is 7.03. The Bertz CT molecular complexity index is 800. The van der Waals surface area contributed by atoms with Crippen molar-refractivity contribution in [1.29, 1.82) is 0 Å². The zero-order valence-electron chi connectivity index (χ0n) is 18.2. The number of aromatic nitrogens is 1. The second-order valence-corrected chi connectivity index (χ2v) is 7.60. The predicted octanol–water partition coefficient (Wildman–Crippen LogP) is 2.37. The lowest BCUT2D eigenvalue weighted by molar-refractivity contribution is 0.0322. The van der Waals surface area contributed by atoms with Gasteiger partial charge < -0.3 is 24.6 Å². The number of rotatable bonds is 9. The number of ether oxygens (including phenoxy) is 2. The molecular weight excluding hydrogens is 382 g/mol. The van der Waals surface area contributed by atoms with Gasteiger partial charge in [-0.3, -0.25) is 9.89 Å². The average molecular weight is 416 g/mol. The van der Waals surface area contributed by atoms with Crippen LogP contribution in [0.2, 0.25) is 0 Å². The number of guanidine groups is 1. The molecule has 8 heteroatoms. The van der Waals surface area contributed by atoms with E-state index in [1.165, 1.54) is 0 Å². The second kappa shape index (κ2) is 11.6. The molecule has 0 unspecified atom stereocenters. The molecule has 2 aromatic rings. The molecule has 0 amide bonds. The maximum absolute atomic E-state index is 5.93. The summed E-state index contributed by atoms with van der Waals surface area (Å²) in [5.41, 5.74) is 2.09. The van der Waals surface area contributed by atoms with Crippen LogP contribution in [0.1, 0.15) is 36.8 Å². The quantitative estimate of drug-likeness (QED) is 0.480. The summed E-state index contributed by atoms with van der Waals surface area (Å²) in [4.78, 5) is 6.63. The van der Waals surface area contributed by atoms with E-state index in [4.69, 9.17) is 14.0 Å². The van der Waals surface area contributed by atoms with Crippen LogP contribution < -0.4 is 15.4 Å². The number of benzene rings is 1. The first-order valence-electron chi connectivity index (χ1n) is 10.6. The van der Waals surface area contributed by atoms with E-state index >= 15 is 0 Å². The Hall–Kier alpha value is -2.58. The lowest BCUT2D eigenvalue weighted by atomic mass is 10.1. The normalized spacial score (nSPS) is 15.4. The minimum absolute atomic E-state index is 0.350. The van der Waals surface area contributed by atoms with Crippen LogP contribution in [0.15, 0.2) is 39.8 Å². The molecule has 3 rings (SSSR count). The van der Waals surface area contributed by atoms with E-state index in [2.05, 4.69) is 51.7 Å². The fourth-order valence-corrected chi connectivity index (χ4v) is 3.12. The van der Waals surface area contributed by atoms with Gasteiger partial charge in [0, 0.05) is 39.3 Å². The van der Waals surface area contributed by atoms with Crippen LogP contribution in [0.4, 0.5) is 0 Å². The highest BCUT2D eigenvalue weighted by Gasteiger charge is 2.10. The molecule has 0 radical (unpaired) electrons. The summed E-state index contributed by atoms with van der Waals surface area (Å²) in [5.74, 6) is 2.73. The molecule has 2 N–H and O–H groups in total. The van der Waals surface area contributed by atoms with Crippen LogP contribution in [-0.4, -0.2) is 62.5 Å². The van der Waals surface area contributed by atoms with Crippen LogP contribution >= 0.6 is 0 Å². The molecule has 1 saturated heterocycles. The van der Waals surface area contributed by atoms with Crippen molar-refractivity contribution in [2.75, 3.05) is 46.5 Å². The molecule has 1 fully saturated rings. The smallest absolute Gasteiger partial charge is 0.191 e. The van der Waals surface area contributed by atoms with Gasteiger partial charge in [0.15, 0.2) is 11.7 Å². The largest absolute Gasteiger partial charge is 0.492 e. The van der Waals surface area contributed by atoms with Crippen LogP contribution in [0.3, 0.4) is 0 Å². The minimum atomic E-state index is 0.350. The Morgan fingerprint density at radius 1 is 1.20 bits per heavy atom. The first-order chi connectivity index (χ1) is 14.6. The number of nitrogens with zero attached hydrogens (tertiary/aromatic N) is 3. The maximum Gasteiger partial charge on any atom is 0.191 e. The summed E-state index contributed by atoms with van der Waals surface area (Å²) in [6.45, 7) is 10.5. The van der Waals surface area contributed by atoms with Gasteiger partial charge in [-0.05, 0) is 23.6 Å². The highest BCUT2D eigenvalue weighted by atomic mass is 16.5. The van der Waals surface area contributed by atoms with Crippen molar-refractivity contribution in [3.05, 3.63) is 47.3 Å². The molecule has 1 aromatic carbocycles. The summed E-state index contributed by atoms with van der Waals surface area (Å²) >= 11 is 0. The Morgan fingerprint density at radius 2 is 2.00 bits per heavy atom. The Balaban J connectivity index is 1.41. The van der Waals surface area contributed by atoms with Crippen molar-refractivity contribution in [2.24, 2.45) is 4.99 Å². The molecule has 1 aliphatic rings. The SMILES string of the molecule is CN=C(NCc1cccc(OCCN2CCOCC2)c1)NCc1cc(C(C)C)no1. The molecule has 30 heavy (non-hydrogen) atoms. The van der Waals surface area contributed by atoms with Crippen molar-refractivity contribution in [3.63, 3.8) is 0 Å². The van der Waals surface area contributed by atoms with E-state index in [1.54, 1.807) is 7.05 Å². The third-order valence-corrected chi connectivity index (χ3v) is 4.96. The Kier molecular flexibility index (Phi) is 8.53. The lowest BCUT2D eigenvalue weighted by Gasteiger charge is -2.26. The van der Waals surface area contributed by atoms with E-state index in [0.29, 0.717) is 31.6 Å². The fraction of sp³-hybridized carbons (Fsp3) is 0.545. The topological polar surface area (TPSA) is 84.2 Å². The van der Waals surface area contributed by atoms with E-state index in [1.807, 2.05) is 18.2 Å². The van der Waals surface area contributed by atoms with Crippen molar-refractivity contribution in [3.8, 4) is 5.75 Å². The van der Waals surface area contributed by atoms with Gasteiger partial charge >= 0.3 is 0 Å². The summed E-state index contributed by atoms with van der Waals surface area (Å²) in [6, 6.07) is 10.1. The van der Waals surface area contributed by atoms with Crippen molar-refractivity contribution >= 4 is 5.96 Å². The van der Waals surface area contributed by atoms with Gasteiger partial charge in [0.05, 0.1) is 25.5 Å². The van der Waals surface area contributed by atoms with Crippen molar-refractivity contribution < 1.29 is 14.0 Å². The van der Waals surface area contributed by atoms with Gasteiger partial charge in [0.25, 0.3) is 0 Å². The van der Waals surface area contributed by atoms with Crippen molar-refractivity contribution in [2.45, 2.75) is 32.9 Å². The summed E-state index contributed by atoms with van der Waals surface area (Å²) in [7, 11) is 1.75. The van der Waals surface area contributed by atoms with Gasteiger partial charge in [0.2, 0.25) is 0 Å². The number of morpholine rings is 1. The van der Waals surface area contributed by atoms with Crippen LogP contribution in [0.5, 0.6) is 5.75 Å². The molecule has 0 spiro atoms. The van der Waals surface area contributed by atoms with Gasteiger partial charge in [-0.25, -0.2) is 0 Å². The van der Waals surface area contributed by atoms with E-state index < -0.39 is 0 Å². The van der Waals surface area contributed by atoms with Crippen LogP contribution in [0.25, 0.3) is 0 Å². The molecule has 1 aliphatic heterocycles. The molecular formula is C22H33N5O3. The van der Waals surface area contributed by atoms with Crippen LogP contribution in [-0.2, 0) is 17.8 Å². The number of aliphatic imine (C=N–C) groups is 1. The molecule has 0 bridgehead atoms. The van der Waals surface area contributed by atoms with Gasteiger partial charge in [-0.1, -0.05) is 31.1 Å². The van der Waals surface area contributed by atoms with E-state index in [9.17, 15) is 0 Å². The fourth-order valence-electron chi connectivity index (χ4n) is 3.12. The van der Waals surface area contributed by atoms with E-state index in [-0.39, 0.29) is 0 Å². The third-order valence-electron chi connectivity index (χ3n) is 4.96. The number of hydrogen-bond donors (Lipinski definition) is 2. The van der Waals surface area contributed by atoms with E-state index in [0.717, 1.165) is 55.6 Å². The summed E-state index contributed by atoms with van der Waals surface area (Å²) in [6.07, 6.45) is 0. The zero-order chi connectivity index (χ0) is 21.2. The van der Waals surface area contributed by atoms with Crippen LogP contribution in [0, 0.1) is 0 Å². The molecule has 1 aromatic heterocycles. The Labute approximate surface area is 178 Å². The minimum Gasteiger partial charge on any atom is -0.492 e. The summed E-state index contributed by atoms with van der Waals surface area (Å²) in [5, 5.41) is 10.6. The summed E-state index contributed by atoms with van der Waals surface area (Å²) < 4.78 is 16.7. The lowest BCUT2D eigenvalue weighted by Crippen LogP contribution is -2.38.